The monoisotopic (exact) mass is 383 g/mol. The Morgan fingerprint density at radius 1 is 1.03 bits per heavy atom. The van der Waals surface area contributed by atoms with E-state index in [2.05, 4.69) is 11.4 Å². The number of carbonyl (C=O) groups excluding carboxylic acids is 2. The highest BCUT2D eigenvalue weighted by molar-refractivity contribution is 6.07. The zero-order valence-electron chi connectivity index (χ0n) is 16.0. The molecule has 0 aliphatic carbocycles. The molecule has 0 bridgehead atoms. The fourth-order valence-electron chi connectivity index (χ4n) is 3.87. The number of rotatable bonds is 3. The lowest BCUT2D eigenvalue weighted by Crippen LogP contribution is -2.43. The molecule has 1 atom stereocenters. The quantitative estimate of drug-likeness (QED) is 0.737. The van der Waals surface area contributed by atoms with E-state index in [4.69, 9.17) is 5.26 Å². The fraction of sp³-hybridized carbons (Fsp3) is 0.208. The summed E-state index contributed by atoms with van der Waals surface area (Å²) in [7, 11) is 0. The predicted octanol–water partition coefficient (Wildman–Crippen LogP) is 4.20. The largest absolute Gasteiger partial charge is 0.338 e. The van der Waals surface area contributed by atoms with E-state index in [1.54, 1.807) is 29.2 Å². The molecular weight excluding hydrogens is 362 g/mol. The first-order valence-corrected chi connectivity index (χ1v) is 9.74. The second-order valence-electron chi connectivity index (χ2n) is 7.30. The number of amides is 2. The summed E-state index contributed by atoms with van der Waals surface area (Å²) in [5.41, 5.74) is 1.77. The first kappa shape index (κ1) is 18.7. The van der Waals surface area contributed by atoms with Crippen molar-refractivity contribution in [2.24, 2.45) is 5.92 Å². The van der Waals surface area contributed by atoms with Crippen LogP contribution in [0.25, 0.3) is 10.8 Å². The van der Waals surface area contributed by atoms with Gasteiger partial charge in [-0.1, -0.05) is 42.5 Å². The summed E-state index contributed by atoms with van der Waals surface area (Å²) in [6.45, 7) is 1.04. The Labute approximate surface area is 169 Å². The van der Waals surface area contributed by atoms with Gasteiger partial charge in [0, 0.05) is 24.3 Å². The minimum atomic E-state index is -0.270. The van der Waals surface area contributed by atoms with Crippen LogP contribution in [-0.2, 0) is 4.79 Å². The molecule has 5 heteroatoms. The molecule has 0 saturated carbocycles. The number of nitrogens with zero attached hydrogens (tertiary/aromatic N) is 2. The van der Waals surface area contributed by atoms with Crippen molar-refractivity contribution in [1.29, 1.82) is 5.26 Å². The maximum absolute atomic E-state index is 13.2. The van der Waals surface area contributed by atoms with Gasteiger partial charge < -0.3 is 10.2 Å². The highest BCUT2D eigenvalue weighted by Gasteiger charge is 2.29. The Morgan fingerprint density at radius 3 is 2.69 bits per heavy atom. The molecule has 1 heterocycles. The zero-order valence-corrected chi connectivity index (χ0v) is 16.0. The molecule has 3 aromatic carbocycles. The third-order valence-corrected chi connectivity index (χ3v) is 5.36. The van der Waals surface area contributed by atoms with E-state index in [-0.39, 0.29) is 17.7 Å². The summed E-state index contributed by atoms with van der Waals surface area (Å²) in [5, 5.41) is 13.9. The van der Waals surface area contributed by atoms with Gasteiger partial charge in [0.1, 0.15) is 0 Å². The van der Waals surface area contributed by atoms with Crippen LogP contribution >= 0.6 is 0 Å². The normalized spacial score (nSPS) is 16.2. The molecule has 0 radical (unpaired) electrons. The van der Waals surface area contributed by atoms with Gasteiger partial charge in [-0.25, -0.2) is 0 Å². The number of fused-ring (bicyclic) bond motifs is 1. The lowest BCUT2D eigenvalue weighted by molar-refractivity contribution is -0.121. The topological polar surface area (TPSA) is 73.2 Å². The van der Waals surface area contributed by atoms with Crippen LogP contribution in [0.4, 0.5) is 5.69 Å². The average Bonchev–Trinajstić information content (AvgIpc) is 2.78. The van der Waals surface area contributed by atoms with Crippen molar-refractivity contribution in [1.82, 2.24) is 4.90 Å². The molecule has 5 nitrogen and oxygen atoms in total. The van der Waals surface area contributed by atoms with Crippen molar-refractivity contribution in [2.45, 2.75) is 12.8 Å². The van der Waals surface area contributed by atoms with Crippen LogP contribution in [0, 0.1) is 17.2 Å². The van der Waals surface area contributed by atoms with Gasteiger partial charge in [0.15, 0.2) is 0 Å². The highest BCUT2D eigenvalue weighted by atomic mass is 16.2. The summed E-state index contributed by atoms with van der Waals surface area (Å²) in [6, 6.07) is 22.5. The Kier molecular flexibility index (Phi) is 5.26. The summed E-state index contributed by atoms with van der Waals surface area (Å²) >= 11 is 0. The molecule has 1 aliphatic rings. The Bertz CT molecular complexity index is 1110. The van der Waals surface area contributed by atoms with Gasteiger partial charge in [0.2, 0.25) is 5.91 Å². The molecule has 3 aromatic rings. The standard InChI is InChI=1S/C24H21N3O2/c25-15-17-6-3-10-20(14-17)26-23(28)19-9-5-13-27(16-19)24(29)22-12-4-8-18-7-1-2-11-21(18)22/h1-4,6-8,10-12,14,19H,5,9,13,16H2,(H,26,28). The van der Waals surface area contributed by atoms with E-state index in [0.29, 0.717) is 29.9 Å². The molecule has 0 aromatic heterocycles. The molecule has 4 rings (SSSR count). The molecule has 2 amide bonds. The number of benzene rings is 3. The molecule has 1 fully saturated rings. The maximum Gasteiger partial charge on any atom is 0.254 e. The molecule has 1 N–H and O–H groups in total. The van der Waals surface area contributed by atoms with Gasteiger partial charge >= 0.3 is 0 Å². The SMILES string of the molecule is N#Cc1cccc(NC(=O)C2CCCN(C(=O)c3cccc4ccccc34)C2)c1. The molecule has 1 unspecified atom stereocenters. The first-order chi connectivity index (χ1) is 14.2. The minimum Gasteiger partial charge on any atom is -0.338 e. The number of hydrogen-bond donors (Lipinski definition) is 1. The zero-order chi connectivity index (χ0) is 20.2. The van der Waals surface area contributed by atoms with Crippen molar-refractivity contribution in [3.8, 4) is 6.07 Å². The van der Waals surface area contributed by atoms with Crippen molar-refractivity contribution in [3.63, 3.8) is 0 Å². The number of likely N-dealkylation sites (tertiary alicyclic amines) is 1. The van der Waals surface area contributed by atoms with Gasteiger partial charge in [0.05, 0.1) is 17.6 Å². The lowest BCUT2D eigenvalue weighted by Gasteiger charge is -2.32. The maximum atomic E-state index is 13.2. The smallest absolute Gasteiger partial charge is 0.254 e. The number of piperidine rings is 1. The molecule has 144 valence electrons. The highest BCUT2D eigenvalue weighted by Crippen LogP contribution is 2.24. The second kappa shape index (κ2) is 8.15. The van der Waals surface area contributed by atoms with E-state index in [1.807, 2.05) is 42.5 Å². The molecule has 29 heavy (non-hydrogen) atoms. The predicted molar refractivity (Wildman–Crippen MR) is 112 cm³/mol. The summed E-state index contributed by atoms with van der Waals surface area (Å²) in [6.07, 6.45) is 1.52. The van der Waals surface area contributed by atoms with E-state index >= 15 is 0 Å². The molecule has 0 spiro atoms. The van der Waals surface area contributed by atoms with Crippen molar-refractivity contribution in [2.75, 3.05) is 18.4 Å². The van der Waals surface area contributed by atoms with E-state index < -0.39 is 0 Å². The van der Waals surface area contributed by atoms with Crippen LogP contribution < -0.4 is 5.32 Å². The number of hydrogen-bond acceptors (Lipinski definition) is 3. The first-order valence-electron chi connectivity index (χ1n) is 9.74. The summed E-state index contributed by atoms with van der Waals surface area (Å²) in [4.78, 5) is 27.7. The van der Waals surface area contributed by atoms with E-state index in [1.165, 1.54) is 0 Å². The van der Waals surface area contributed by atoms with Crippen molar-refractivity contribution >= 4 is 28.3 Å². The third kappa shape index (κ3) is 3.97. The Hall–Kier alpha value is -3.65. The van der Waals surface area contributed by atoms with Gasteiger partial charge in [-0.05, 0) is 47.9 Å². The van der Waals surface area contributed by atoms with Gasteiger partial charge in [-0.3, -0.25) is 9.59 Å². The van der Waals surface area contributed by atoms with Crippen LogP contribution in [0.1, 0.15) is 28.8 Å². The summed E-state index contributed by atoms with van der Waals surface area (Å²) < 4.78 is 0. The Morgan fingerprint density at radius 2 is 1.83 bits per heavy atom. The fourth-order valence-corrected chi connectivity index (χ4v) is 3.87. The average molecular weight is 383 g/mol. The van der Waals surface area contributed by atoms with Crippen LogP contribution in [0.2, 0.25) is 0 Å². The Balaban J connectivity index is 1.49. The molecule has 1 saturated heterocycles. The summed E-state index contributed by atoms with van der Waals surface area (Å²) in [5.74, 6) is -0.422. The van der Waals surface area contributed by atoms with Crippen LogP contribution in [0.3, 0.4) is 0 Å². The van der Waals surface area contributed by atoms with E-state index in [9.17, 15) is 9.59 Å². The van der Waals surface area contributed by atoms with Gasteiger partial charge in [-0.15, -0.1) is 0 Å². The number of anilines is 1. The van der Waals surface area contributed by atoms with Crippen molar-refractivity contribution in [3.05, 3.63) is 77.9 Å². The number of nitriles is 1. The van der Waals surface area contributed by atoms with Crippen LogP contribution in [-0.4, -0.2) is 29.8 Å². The van der Waals surface area contributed by atoms with Crippen LogP contribution in [0.5, 0.6) is 0 Å². The number of nitrogens with one attached hydrogen (secondary N) is 1. The third-order valence-electron chi connectivity index (χ3n) is 5.36. The number of carbonyl (C=O) groups is 2. The molecule has 1 aliphatic heterocycles. The van der Waals surface area contributed by atoms with E-state index in [0.717, 1.165) is 23.6 Å². The van der Waals surface area contributed by atoms with Crippen molar-refractivity contribution < 1.29 is 9.59 Å². The van der Waals surface area contributed by atoms with Gasteiger partial charge in [-0.2, -0.15) is 5.26 Å². The molecular formula is C24H21N3O2. The minimum absolute atomic E-state index is 0.0363. The van der Waals surface area contributed by atoms with Gasteiger partial charge in [0.25, 0.3) is 5.91 Å². The lowest BCUT2D eigenvalue weighted by atomic mass is 9.95. The second-order valence-corrected chi connectivity index (χ2v) is 7.30. The van der Waals surface area contributed by atoms with Crippen LogP contribution in [0.15, 0.2) is 66.7 Å².